The first kappa shape index (κ1) is 15.3. The quantitative estimate of drug-likeness (QED) is 0.533. The molecule has 0 aliphatic heterocycles. The Morgan fingerprint density at radius 1 is 1.00 bits per heavy atom. The second-order valence-corrected chi connectivity index (χ2v) is 6.29. The number of nitrogens with zero attached hydrogens (tertiary/aromatic N) is 3. The third-order valence-electron chi connectivity index (χ3n) is 3.92. The van der Waals surface area contributed by atoms with Crippen molar-refractivity contribution in [3.05, 3.63) is 77.4 Å². The number of fused-ring (bicyclic) bond motifs is 1. The van der Waals surface area contributed by atoms with E-state index in [9.17, 15) is 5.26 Å². The van der Waals surface area contributed by atoms with Crippen molar-refractivity contribution < 1.29 is 4.74 Å². The first-order valence-corrected chi connectivity index (χ1v) is 8.63. The van der Waals surface area contributed by atoms with Crippen LogP contribution in [-0.2, 0) is 6.61 Å². The maximum absolute atomic E-state index is 9.22. The van der Waals surface area contributed by atoms with Crippen LogP contribution < -0.4 is 4.74 Å². The van der Waals surface area contributed by atoms with Crippen LogP contribution in [0.3, 0.4) is 0 Å². The highest BCUT2D eigenvalue weighted by Crippen LogP contribution is 2.37. The van der Waals surface area contributed by atoms with Crippen molar-refractivity contribution in [2.24, 2.45) is 0 Å². The molecule has 0 aliphatic carbocycles. The fraction of sp³-hybridized carbons (Fsp3) is 0.0500. The Morgan fingerprint density at radius 2 is 1.80 bits per heavy atom. The Morgan fingerprint density at radius 3 is 2.64 bits per heavy atom. The lowest BCUT2D eigenvalue weighted by Crippen LogP contribution is -2.00. The predicted molar refractivity (Wildman–Crippen MR) is 98.3 cm³/mol. The van der Waals surface area contributed by atoms with E-state index in [1.54, 1.807) is 17.4 Å². The molecule has 0 unspecified atom stereocenters. The largest absolute Gasteiger partial charge is 0.472 e. The molecule has 0 aliphatic rings. The zero-order valence-electron chi connectivity index (χ0n) is 13.2. The molecule has 120 valence electrons. The zero-order valence-corrected chi connectivity index (χ0v) is 14.0. The smallest absolute Gasteiger partial charge is 0.226 e. The number of rotatable bonds is 4. The molecule has 0 bridgehead atoms. The van der Waals surface area contributed by atoms with Crippen LogP contribution in [0.25, 0.3) is 21.3 Å². The monoisotopic (exact) mass is 343 g/mol. The maximum atomic E-state index is 9.22. The van der Waals surface area contributed by atoms with E-state index < -0.39 is 0 Å². The van der Waals surface area contributed by atoms with Crippen LogP contribution in [0.2, 0.25) is 0 Å². The van der Waals surface area contributed by atoms with Crippen molar-refractivity contribution in [2.45, 2.75) is 6.61 Å². The van der Waals surface area contributed by atoms with E-state index in [0.717, 1.165) is 26.9 Å². The molecule has 0 spiro atoms. The van der Waals surface area contributed by atoms with Crippen molar-refractivity contribution in [3.8, 4) is 23.1 Å². The van der Waals surface area contributed by atoms with E-state index >= 15 is 0 Å². The van der Waals surface area contributed by atoms with Crippen LogP contribution in [-0.4, -0.2) is 9.97 Å². The van der Waals surface area contributed by atoms with Crippen LogP contribution in [0.15, 0.2) is 66.3 Å². The Balaban J connectivity index is 1.73. The molecular weight excluding hydrogens is 330 g/mol. The van der Waals surface area contributed by atoms with Crippen LogP contribution in [0.4, 0.5) is 0 Å². The number of hydrogen-bond donors (Lipinski definition) is 0. The third kappa shape index (κ3) is 2.95. The lowest BCUT2D eigenvalue weighted by atomic mass is 10.1. The molecule has 0 N–H and O–H groups in total. The Labute approximate surface area is 149 Å². The van der Waals surface area contributed by atoms with Gasteiger partial charge in [-0.05, 0) is 11.6 Å². The standard InChI is InChI=1S/C20H13N3OS/c21-10-15-8-4-5-9-16(15)11-24-19-18-17(14-6-2-1-3-7-14)12-25-20(18)23-13-22-19/h1-9,12-13H,11H2. The van der Waals surface area contributed by atoms with Gasteiger partial charge in [-0.25, -0.2) is 9.97 Å². The molecule has 2 heterocycles. The van der Waals surface area contributed by atoms with Gasteiger partial charge in [-0.2, -0.15) is 5.26 Å². The molecule has 0 amide bonds. The Kier molecular flexibility index (Phi) is 4.11. The van der Waals surface area contributed by atoms with Gasteiger partial charge in [-0.15, -0.1) is 11.3 Å². The summed E-state index contributed by atoms with van der Waals surface area (Å²) in [5, 5.41) is 12.2. The second-order valence-electron chi connectivity index (χ2n) is 5.43. The van der Waals surface area contributed by atoms with Crippen LogP contribution in [0, 0.1) is 11.3 Å². The highest BCUT2D eigenvalue weighted by atomic mass is 32.1. The van der Waals surface area contributed by atoms with E-state index in [-0.39, 0.29) is 0 Å². The molecule has 25 heavy (non-hydrogen) atoms. The van der Waals surface area contributed by atoms with Crippen molar-refractivity contribution in [3.63, 3.8) is 0 Å². The van der Waals surface area contributed by atoms with Gasteiger partial charge in [-0.1, -0.05) is 48.5 Å². The predicted octanol–water partition coefficient (Wildman–Crippen LogP) is 4.81. The molecule has 2 aromatic carbocycles. The molecule has 0 saturated heterocycles. The van der Waals surface area contributed by atoms with Gasteiger partial charge in [0.15, 0.2) is 0 Å². The third-order valence-corrected chi connectivity index (χ3v) is 4.81. The van der Waals surface area contributed by atoms with Crippen molar-refractivity contribution >= 4 is 21.6 Å². The van der Waals surface area contributed by atoms with Crippen molar-refractivity contribution in [1.82, 2.24) is 9.97 Å². The van der Waals surface area contributed by atoms with Gasteiger partial charge in [-0.3, -0.25) is 0 Å². The molecular formula is C20H13N3OS. The van der Waals surface area contributed by atoms with Crippen LogP contribution in [0.1, 0.15) is 11.1 Å². The zero-order chi connectivity index (χ0) is 17.1. The number of thiophene rings is 1. The summed E-state index contributed by atoms with van der Waals surface area (Å²) >= 11 is 1.57. The normalized spacial score (nSPS) is 10.5. The topological polar surface area (TPSA) is 58.8 Å². The second kappa shape index (κ2) is 6.71. The fourth-order valence-corrected chi connectivity index (χ4v) is 3.60. The summed E-state index contributed by atoms with van der Waals surface area (Å²) in [7, 11) is 0. The fourth-order valence-electron chi connectivity index (χ4n) is 2.69. The summed E-state index contributed by atoms with van der Waals surface area (Å²) < 4.78 is 5.97. The summed E-state index contributed by atoms with van der Waals surface area (Å²) in [5.74, 6) is 0.540. The van der Waals surface area contributed by atoms with E-state index in [1.165, 1.54) is 6.33 Å². The van der Waals surface area contributed by atoms with Gasteiger partial charge in [0.2, 0.25) is 5.88 Å². The highest BCUT2D eigenvalue weighted by Gasteiger charge is 2.14. The average Bonchev–Trinajstić information content (AvgIpc) is 3.12. The number of hydrogen-bond acceptors (Lipinski definition) is 5. The van der Waals surface area contributed by atoms with Gasteiger partial charge in [0.05, 0.1) is 17.0 Å². The van der Waals surface area contributed by atoms with Gasteiger partial charge in [0.25, 0.3) is 0 Å². The van der Waals surface area contributed by atoms with Crippen molar-refractivity contribution in [2.75, 3.05) is 0 Å². The van der Waals surface area contributed by atoms with Gasteiger partial charge >= 0.3 is 0 Å². The number of aromatic nitrogens is 2. The molecule has 0 atom stereocenters. The molecule has 2 aromatic heterocycles. The molecule has 0 fully saturated rings. The lowest BCUT2D eigenvalue weighted by Gasteiger charge is -2.09. The summed E-state index contributed by atoms with van der Waals surface area (Å²) in [6.07, 6.45) is 1.51. The molecule has 5 heteroatoms. The number of nitriles is 1. The Hall–Kier alpha value is -3.23. The van der Waals surface area contributed by atoms with E-state index in [0.29, 0.717) is 18.1 Å². The lowest BCUT2D eigenvalue weighted by molar-refractivity contribution is 0.297. The van der Waals surface area contributed by atoms with Gasteiger partial charge in [0.1, 0.15) is 17.8 Å². The van der Waals surface area contributed by atoms with Crippen LogP contribution in [0.5, 0.6) is 5.88 Å². The highest BCUT2D eigenvalue weighted by molar-refractivity contribution is 7.17. The summed E-state index contributed by atoms with van der Waals surface area (Å²) in [5.41, 5.74) is 3.62. The van der Waals surface area contributed by atoms with Crippen molar-refractivity contribution in [1.29, 1.82) is 5.26 Å². The van der Waals surface area contributed by atoms with E-state index in [4.69, 9.17) is 4.74 Å². The minimum absolute atomic E-state index is 0.292. The van der Waals surface area contributed by atoms with E-state index in [1.807, 2.05) is 36.4 Å². The molecule has 4 rings (SSSR count). The summed E-state index contributed by atoms with van der Waals surface area (Å²) in [4.78, 5) is 9.56. The van der Waals surface area contributed by atoms with Gasteiger partial charge in [0, 0.05) is 16.5 Å². The average molecular weight is 343 g/mol. The number of benzene rings is 2. The SMILES string of the molecule is N#Cc1ccccc1COc1ncnc2scc(-c3ccccc3)c12. The molecule has 4 nitrogen and oxygen atoms in total. The first-order chi connectivity index (χ1) is 12.4. The van der Waals surface area contributed by atoms with Gasteiger partial charge < -0.3 is 4.74 Å². The molecule has 4 aromatic rings. The minimum atomic E-state index is 0.292. The van der Waals surface area contributed by atoms with Crippen LogP contribution >= 0.6 is 11.3 Å². The number of ether oxygens (including phenoxy) is 1. The molecule has 0 saturated carbocycles. The minimum Gasteiger partial charge on any atom is -0.472 e. The Bertz CT molecular complexity index is 1070. The summed E-state index contributed by atoms with van der Waals surface area (Å²) in [6.45, 7) is 0.292. The van der Waals surface area contributed by atoms with E-state index in [2.05, 4.69) is 33.5 Å². The first-order valence-electron chi connectivity index (χ1n) is 7.75. The maximum Gasteiger partial charge on any atom is 0.226 e. The summed E-state index contributed by atoms with van der Waals surface area (Å²) in [6, 6.07) is 19.7. The molecule has 0 radical (unpaired) electrons.